The molecule has 2 heterocycles. The molecule has 4 amide bonds. The van der Waals surface area contributed by atoms with Gasteiger partial charge in [0.25, 0.3) is 0 Å². The SMILES string of the molecule is CN[C@@H](C)C(=O)N[C@H](C(=O)N1CC[C@@H]2[C@H]1CCN2C(=O)[C@@H](NC(=O)[C@H](C)NC)C1CCCCC1)C1CCCCC1. The summed E-state index contributed by atoms with van der Waals surface area (Å²) in [4.78, 5) is 57.8. The summed E-state index contributed by atoms with van der Waals surface area (Å²) in [6.45, 7) is 4.80. The average Bonchev–Trinajstić information content (AvgIpc) is 3.60. The van der Waals surface area contributed by atoms with E-state index in [0.29, 0.717) is 13.1 Å². The maximum absolute atomic E-state index is 14.1. The number of nitrogens with one attached hydrogen (secondary N) is 4. The van der Waals surface area contributed by atoms with Crippen molar-refractivity contribution in [2.75, 3.05) is 27.2 Å². The van der Waals surface area contributed by atoms with Gasteiger partial charge in [-0.1, -0.05) is 38.5 Å². The standard InChI is InChI=1S/C30H52N6O4/c1-19(31-3)27(37)33-25(21-11-7-5-8-12-21)29(39)35-17-15-24-23(35)16-18-36(24)30(40)26(22-13-9-6-10-14-22)34-28(38)20(2)32-4/h19-26,31-32H,5-18H2,1-4H3,(H,33,37)(H,34,38)/t19-,20-,23+,24+,25-,26-/m0/s1. The van der Waals surface area contributed by atoms with Gasteiger partial charge in [-0.3, -0.25) is 19.2 Å². The maximum atomic E-state index is 14.1. The molecular weight excluding hydrogens is 508 g/mol. The van der Waals surface area contributed by atoms with Crippen LogP contribution < -0.4 is 21.3 Å². The predicted octanol–water partition coefficient (Wildman–Crippen LogP) is 1.53. The van der Waals surface area contributed by atoms with Crippen molar-refractivity contribution in [3.63, 3.8) is 0 Å². The highest BCUT2D eigenvalue weighted by Gasteiger charge is 2.50. The Bertz CT molecular complexity index is 831. The lowest BCUT2D eigenvalue weighted by atomic mass is 9.83. The van der Waals surface area contributed by atoms with Crippen molar-refractivity contribution in [3.8, 4) is 0 Å². The highest BCUT2D eigenvalue weighted by Crippen LogP contribution is 2.36. The van der Waals surface area contributed by atoms with Crippen LogP contribution in [0.5, 0.6) is 0 Å². The zero-order valence-corrected chi connectivity index (χ0v) is 25.0. The van der Waals surface area contributed by atoms with E-state index in [1.54, 1.807) is 14.1 Å². The minimum absolute atomic E-state index is 0.00494. The second-order valence-electron chi connectivity index (χ2n) is 12.6. The second kappa shape index (κ2) is 14.1. The van der Waals surface area contributed by atoms with Crippen molar-refractivity contribution in [1.82, 2.24) is 31.1 Å². The third-order valence-corrected chi connectivity index (χ3v) is 10.2. The fraction of sp³-hybridized carbons (Fsp3) is 0.867. The third kappa shape index (κ3) is 6.81. The molecule has 0 aromatic heterocycles. The molecule has 4 rings (SSSR count). The van der Waals surface area contributed by atoms with E-state index in [0.717, 1.165) is 64.2 Å². The molecule has 10 nitrogen and oxygen atoms in total. The molecule has 4 fully saturated rings. The predicted molar refractivity (Wildman–Crippen MR) is 154 cm³/mol. The minimum atomic E-state index is -0.524. The molecular formula is C30H52N6O4. The van der Waals surface area contributed by atoms with Crippen LogP contribution in [0.4, 0.5) is 0 Å². The fourth-order valence-corrected chi connectivity index (χ4v) is 7.41. The number of amides is 4. The lowest BCUT2D eigenvalue weighted by Gasteiger charge is -2.36. The Labute approximate surface area is 240 Å². The number of likely N-dealkylation sites (tertiary alicyclic amines) is 2. The summed E-state index contributed by atoms with van der Waals surface area (Å²) in [6, 6.07) is -1.88. The van der Waals surface area contributed by atoms with Crippen molar-refractivity contribution in [2.24, 2.45) is 11.8 Å². The van der Waals surface area contributed by atoms with E-state index in [1.165, 1.54) is 12.8 Å². The van der Waals surface area contributed by atoms with Gasteiger partial charge in [-0.25, -0.2) is 0 Å². The number of hydrogen-bond acceptors (Lipinski definition) is 6. The minimum Gasteiger partial charge on any atom is -0.343 e. The molecule has 0 radical (unpaired) electrons. The topological polar surface area (TPSA) is 123 Å². The lowest BCUT2D eigenvalue weighted by molar-refractivity contribution is -0.141. The van der Waals surface area contributed by atoms with Gasteiger partial charge in [0.1, 0.15) is 12.1 Å². The molecule has 2 saturated carbocycles. The van der Waals surface area contributed by atoms with Gasteiger partial charge in [0.15, 0.2) is 0 Å². The summed E-state index contributed by atoms with van der Waals surface area (Å²) in [5.74, 6) is 0.00943. The number of likely N-dealkylation sites (N-methyl/N-ethyl adjacent to an activating group) is 2. The first-order valence-corrected chi connectivity index (χ1v) is 15.8. The molecule has 4 aliphatic rings. The first kappa shape index (κ1) is 30.8. The van der Waals surface area contributed by atoms with Gasteiger partial charge in [-0.15, -0.1) is 0 Å². The molecule has 0 aromatic carbocycles. The van der Waals surface area contributed by atoms with Crippen LogP contribution in [0.25, 0.3) is 0 Å². The van der Waals surface area contributed by atoms with Gasteiger partial charge >= 0.3 is 0 Å². The zero-order chi connectivity index (χ0) is 28.8. The van der Waals surface area contributed by atoms with E-state index in [9.17, 15) is 19.2 Å². The Morgan fingerprint density at radius 3 is 1.25 bits per heavy atom. The molecule has 4 N–H and O–H groups in total. The van der Waals surface area contributed by atoms with E-state index in [1.807, 2.05) is 23.6 Å². The van der Waals surface area contributed by atoms with Crippen LogP contribution in [0.1, 0.15) is 90.9 Å². The highest BCUT2D eigenvalue weighted by atomic mass is 16.2. The van der Waals surface area contributed by atoms with Crippen molar-refractivity contribution < 1.29 is 19.2 Å². The lowest BCUT2D eigenvalue weighted by Crippen LogP contribution is -2.58. The quantitative estimate of drug-likeness (QED) is 0.322. The number of rotatable bonds is 10. The van der Waals surface area contributed by atoms with Crippen molar-refractivity contribution >= 4 is 23.6 Å². The summed E-state index contributed by atoms with van der Waals surface area (Å²) < 4.78 is 0. The largest absolute Gasteiger partial charge is 0.343 e. The fourth-order valence-electron chi connectivity index (χ4n) is 7.41. The van der Waals surface area contributed by atoms with Crippen LogP contribution in [0.3, 0.4) is 0 Å². The van der Waals surface area contributed by atoms with Gasteiger partial charge in [0, 0.05) is 13.1 Å². The molecule has 0 unspecified atom stereocenters. The molecule has 6 atom stereocenters. The molecule has 2 aliphatic carbocycles. The highest BCUT2D eigenvalue weighted by molar-refractivity contribution is 5.92. The Kier molecular flexibility index (Phi) is 10.9. The summed E-state index contributed by atoms with van der Waals surface area (Å²) in [6.07, 6.45) is 12.0. The smallest absolute Gasteiger partial charge is 0.245 e. The Morgan fingerprint density at radius 1 is 0.575 bits per heavy atom. The molecule has 10 heteroatoms. The number of fused-ring (bicyclic) bond motifs is 1. The average molecular weight is 561 g/mol. The number of carbonyl (C=O) groups excluding carboxylic acids is 4. The molecule has 0 spiro atoms. The number of carbonyl (C=O) groups is 4. The van der Waals surface area contributed by atoms with Crippen LogP contribution in [-0.4, -0.2) is 96.9 Å². The zero-order valence-electron chi connectivity index (χ0n) is 25.0. The van der Waals surface area contributed by atoms with Crippen molar-refractivity contribution in [1.29, 1.82) is 0 Å². The van der Waals surface area contributed by atoms with E-state index in [-0.39, 0.29) is 59.6 Å². The molecule has 0 aromatic rings. The molecule has 0 bridgehead atoms. The van der Waals surface area contributed by atoms with Gasteiger partial charge in [-0.05, 0) is 78.3 Å². The van der Waals surface area contributed by atoms with Crippen LogP contribution in [0.15, 0.2) is 0 Å². The summed E-state index contributed by atoms with van der Waals surface area (Å²) in [7, 11) is 3.50. The summed E-state index contributed by atoms with van der Waals surface area (Å²) in [5.41, 5.74) is 0. The molecule has 40 heavy (non-hydrogen) atoms. The van der Waals surface area contributed by atoms with Gasteiger partial charge in [0.05, 0.1) is 24.2 Å². The normalized spacial score (nSPS) is 27.0. The van der Waals surface area contributed by atoms with Crippen LogP contribution in [-0.2, 0) is 19.2 Å². The van der Waals surface area contributed by atoms with Crippen LogP contribution in [0.2, 0.25) is 0 Å². The van der Waals surface area contributed by atoms with Gasteiger partial charge in [-0.2, -0.15) is 0 Å². The third-order valence-electron chi connectivity index (χ3n) is 10.2. The molecule has 226 valence electrons. The summed E-state index contributed by atoms with van der Waals surface area (Å²) in [5, 5.41) is 12.2. The first-order chi connectivity index (χ1) is 19.3. The Balaban J connectivity index is 1.48. The van der Waals surface area contributed by atoms with Gasteiger partial charge < -0.3 is 31.1 Å². The monoisotopic (exact) mass is 560 g/mol. The summed E-state index contributed by atoms with van der Waals surface area (Å²) >= 11 is 0. The van der Waals surface area contributed by atoms with E-state index >= 15 is 0 Å². The maximum Gasteiger partial charge on any atom is 0.245 e. The second-order valence-corrected chi connectivity index (χ2v) is 12.6. The van der Waals surface area contributed by atoms with E-state index < -0.39 is 12.1 Å². The number of hydrogen-bond donors (Lipinski definition) is 4. The van der Waals surface area contributed by atoms with Crippen molar-refractivity contribution in [3.05, 3.63) is 0 Å². The van der Waals surface area contributed by atoms with E-state index in [2.05, 4.69) is 21.3 Å². The van der Waals surface area contributed by atoms with Gasteiger partial charge in [0.2, 0.25) is 23.6 Å². The first-order valence-electron chi connectivity index (χ1n) is 15.8. The van der Waals surface area contributed by atoms with Crippen LogP contribution in [0, 0.1) is 11.8 Å². The number of nitrogens with zero attached hydrogens (tertiary/aromatic N) is 2. The molecule has 2 saturated heterocycles. The Morgan fingerprint density at radius 2 is 0.925 bits per heavy atom. The van der Waals surface area contributed by atoms with E-state index in [4.69, 9.17) is 0 Å². The Hall–Kier alpha value is -2.20. The van der Waals surface area contributed by atoms with Crippen molar-refractivity contribution in [2.45, 2.75) is 127 Å². The molecule has 2 aliphatic heterocycles. The van der Waals surface area contributed by atoms with Crippen LogP contribution >= 0.6 is 0 Å².